The van der Waals surface area contributed by atoms with E-state index in [0.717, 1.165) is 11.1 Å². The van der Waals surface area contributed by atoms with Gasteiger partial charge < -0.3 is 100 Å². The van der Waals surface area contributed by atoms with E-state index in [0.29, 0.717) is 57.4 Å². The molecule has 9 atom stereocenters. The highest BCUT2D eigenvalue weighted by molar-refractivity contribution is 6.01. The third-order valence-corrected chi connectivity index (χ3v) is 12.5. The average Bonchev–Trinajstić information content (AvgIpc) is 3.59. The summed E-state index contributed by atoms with van der Waals surface area (Å²) in [7, 11) is 0. The quantitative estimate of drug-likeness (QED) is 0.124. The Balaban J connectivity index is 0.000000453. The number of halogens is 1. The molecule has 3 fully saturated rings. The number of amides is 19. The van der Waals surface area contributed by atoms with Crippen molar-refractivity contribution < 1.29 is 57.6 Å². The Morgan fingerprint density at radius 1 is 0.558 bits per heavy atom. The van der Waals surface area contributed by atoms with Crippen molar-refractivity contribution in [1.29, 1.82) is 0 Å². The minimum atomic E-state index is -0.971. The molecule has 2 aromatic carbocycles. The standard InChI is InChI=1S/C23H35N7O6.C19H30N6O3.C12H24N6O3.ClH/c1-15(24)11-25-21(33)28-16(2)12-26-22(34)29(14-18-7-5-4-6-8-18)17(3)13-27-23(35)36-30-19(31)9-10-20(30)32;1-13-9-20-17(26)24-14(2)10-22-19(28)25(12-16-7-5-4-6-8-16)15(3)11-21-18(27)23-13;1-7-4-13-11(20)17-9(3)6-15-12(21)18-8(2)5-14-10(19)16-7;/h4-8,15-17H,9-14,24H2,1-3H3,(H,26,34)(H,27,35)(H2,25,28,33);4-8,13-15H,9-12H2,1-3H3,(H,22,28)(H2,20,24,26)(H2,21,23,27);7-9H,4-6H2,1-3H3,(H2,14,16,19)(H2,13,17,20)(H2,15,18,21);1H/t15-,16-,17-;13-,14-,15-;7-,8-,9-;/m000./s1. The van der Waals surface area contributed by atoms with E-state index in [-0.39, 0.29) is 135 Å². The highest BCUT2D eigenvalue weighted by Crippen LogP contribution is 2.13. The van der Waals surface area contributed by atoms with Crippen molar-refractivity contribution in [3.8, 4) is 0 Å². The van der Waals surface area contributed by atoms with Gasteiger partial charge in [-0.05, 0) is 73.4 Å². The monoisotopic (exact) mass is 1230 g/mol. The summed E-state index contributed by atoms with van der Waals surface area (Å²) in [6, 6.07) is 13.8. The van der Waals surface area contributed by atoms with Gasteiger partial charge in [0, 0.05) is 139 Å². The normalized spacial score (nSPS) is 21.8. The van der Waals surface area contributed by atoms with Gasteiger partial charge in [0.1, 0.15) is 0 Å². The van der Waals surface area contributed by atoms with Crippen LogP contribution >= 0.6 is 12.4 Å². The van der Waals surface area contributed by atoms with Gasteiger partial charge in [0.2, 0.25) is 0 Å². The highest BCUT2D eigenvalue weighted by Gasteiger charge is 2.33. The minimum Gasteiger partial charge on any atom is -0.337 e. The van der Waals surface area contributed by atoms with Gasteiger partial charge in [0.15, 0.2) is 0 Å². The molecule has 31 nitrogen and oxygen atoms in total. The summed E-state index contributed by atoms with van der Waals surface area (Å²) in [5, 5.41) is 41.0. The summed E-state index contributed by atoms with van der Waals surface area (Å²) < 4.78 is 0. The van der Waals surface area contributed by atoms with E-state index >= 15 is 0 Å². The second-order valence-electron chi connectivity index (χ2n) is 21.1. The second kappa shape index (κ2) is 39.0. The van der Waals surface area contributed by atoms with Gasteiger partial charge in [-0.25, -0.2) is 43.2 Å². The SMILES string of the molecule is C[C@H](N)CNC(=O)N[C@@H](C)CNC(=O)N(Cc1ccccc1)[C@@H](C)CNC(=O)ON1C(=O)CCC1=O.C[C@H]1CNC(=O)N[C@@H](C)CNC(=O)N(Cc2ccccc2)[C@@H](C)CNC(=O)N1.C[C@H]1CNC(=O)N[C@@H](C)CNC(=O)N[C@@H](C)CNC(=O)N1.Cl. The fourth-order valence-electron chi connectivity index (χ4n) is 7.76. The molecule has 5 rings (SSSR count). The van der Waals surface area contributed by atoms with Crippen LogP contribution in [0.4, 0.5) is 43.2 Å². The number of nitrogens with one attached hydrogen (secondary N) is 15. The maximum atomic E-state index is 13.0. The summed E-state index contributed by atoms with van der Waals surface area (Å²) in [6.07, 6.45) is -0.982. The number of nitrogens with zero attached hydrogens (tertiary/aromatic N) is 3. The van der Waals surface area contributed by atoms with Crippen LogP contribution < -0.4 is 85.5 Å². The lowest BCUT2D eigenvalue weighted by atomic mass is 10.2. The van der Waals surface area contributed by atoms with Crippen molar-refractivity contribution in [3.63, 3.8) is 0 Å². The Bertz CT molecular complexity index is 2430. The first-order valence-corrected chi connectivity index (χ1v) is 28.3. The van der Waals surface area contributed by atoms with E-state index in [1.165, 1.54) is 4.90 Å². The predicted octanol–water partition coefficient (Wildman–Crippen LogP) is 0.872. The first kappa shape index (κ1) is 73.4. The van der Waals surface area contributed by atoms with E-state index in [2.05, 4.69) is 79.8 Å². The molecule has 3 saturated heterocycles. The summed E-state index contributed by atoms with van der Waals surface area (Å²) >= 11 is 0. The third-order valence-electron chi connectivity index (χ3n) is 12.5. The zero-order chi connectivity index (χ0) is 63.0. The number of hydrogen-bond acceptors (Lipinski definition) is 13. The number of nitrogens with two attached hydrogens (primary N) is 1. The van der Waals surface area contributed by atoms with Crippen LogP contribution in [0.25, 0.3) is 0 Å². The van der Waals surface area contributed by atoms with Crippen molar-refractivity contribution in [3.05, 3.63) is 71.8 Å². The topological polar surface area (TPSA) is 413 Å². The molecule has 0 aliphatic carbocycles. The summed E-state index contributed by atoms with van der Waals surface area (Å²) in [4.78, 5) is 140. The maximum Gasteiger partial charge on any atom is 0.432 e. The molecule has 32 heteroatoms. The largest absolute Gasteiger partial charge is 0.432 e. The van der Waals surface area contributed by atoms with Gasteiger partial charge in [0.05, 0.1) is 0 Å². The van der Waals surface area contributed by atoms with Gasteiger partial charge >= 0.3 is 54.3 Å². The zero-order valence-corrected chi connectivity index (χ0v) is 51.2. The number of urea groups is 8. The van der Waals surface area contributed by atoms with Crippen LogP contribution in [0.1, 0.15) is 86.3 Å². The smallest absolute Gasteiger partial charge is 0.337 e. The van der Waals surface area contributed by atoms with E-state index < -0.39 is 30.0 Å². The van der Waals surface area contributed by atoms with Crippen molar-refractivity contribution >= 4 is 78.6 Å². The molecule has 3 aliphatic heterocycles. The number of benzene rings is 2. The zero-order valence-electron chi connectivity index (χ0n) is 50.4. The molecule has 3 aliphatic rings. The molecule has 17 N–H and O–H groups in total. The van der Waals surface area contributed by atoms with E-state index in [4.69, 9.17) is 10.6 Å². The van der Waals surface area contributed by atoms with E-state index in [1.807, 2.05) is 74.5 Å². The Labute approximate surface area is 508 Å². The van der Waals surface area contributed by atoms with Gasteiger partial charge in [-0.3, -0.25) is 9.59 Å². The van der Waals surface area contributed by atoms with Gasteiger partial charge in [-0.15, -0.1) is 17.5 Å². The fourth-order valence-corrected chi connectivity index (χ4v) is 7.76. The highest BCUT2D eigenvalue weighted by atomic mass is 35.5. The van der Waals surface area contributed by atoms with Crippen LogP contribution in [0.15, 0.2) is 60.7 Å². The molecule has 3 heterocycles. The van der Waals surface area contributed by atoms with E-state index in [9.17, 15) is 52.7 Å². The molecule has 86 heavy (non-hydrogen) atoms. The average molecular weight is 1230 g/mol. The molecule has 0 saturated carbocycles. The van der Waals surface area contributed by atoms with Crippen LogP contribution in [0.2, 0.25) is 0 Å². The molecular formula is C54H90ClN19O12. The maximum absolute atomic E-state index is 13.0. The lowest BCUT2D eigenvalue weighted by Gasteiger charge is -2.30. The number of carbonyl (C=O) groups is 11. The van der Waals surface area contributed by atoms with Crippen LogP contribution in [0.5, 0.6) is 0 Å². The first-order chi connectivity index (χ1) is 40.3. The second-order valence-corrected chi connectivity index (χ2v) is 21.1. The molecule has 480 valence electrons. The van der Waals surface area contributed by atoms with E-state index in [1.54, 1.807) is 53.4 Å². The number of hydrogen-bond donors (Lipinski definition) is 16. The minimum absolute atomic E-state index is 0. The van der Waals surface area contributed by atoms with Crippen LogP contribution in [0.3, 0.4) is 0 Å². The Hall–Kier alpha value is -8.74. The summed E-state index contributed by atoms with van der Waals surface area (Å²) in [5.74, 6) is -1.16. The van der Waals surface area contributed by atoms with Crippen LogP contribution in [-0.4, -0.2) is 194 Å². The lowest BCUT2D eigenvalue weighted by molar-refractivity contribution is -0.171. The number of rotatable bonds is 13. The molecule has 2 aromatic rings. The Morgan fingerprint density at radius 3 is 1.40 bits per heavy atom. The lowest BCUT2D eigenvalue weighted by Crippen LogP contribution is -2.52. The predicted molar refractivity (Wildman–Crippen MR) is 322 cm³/mol. The summed E-state index contributed by atoms with van der Waals surface area (Å²) in [6.45, 7) is 19.1. The fraction of sp³-hybridized carbons (Fsp3) is 0.574. The number of imide groups is 1. The van der Waals surface area contributed by atoms with Gasteiger partial charge in [0.25, 0.3) is 11.8 Å². The Morgan fingerprint density at radius 2 is 0.965 bits per heavy atom. The number of carbonyl (C=O) groups excluding carboxylic acids is 11. The van der Waals surface area contributed by atoms with Crippen molar-refractivity contribution in [1.82, 2.24) is 94.6 Å². The molecule has 0 spiro atoms. The molecule has 0 aromatic heterocycles. The molecular weight excluding hydrogens is 1140 g/mol. The number of hydroxylamine groups is 2. The third kappa shape index (κ3) is 30.2. The summed E-state index contributed by atoms with van der Waals surface area (Å²) in [5.41, 5.74) is 7.48. The van der Waals surface area contributed by atoms with Crippen molar-refractivity contribution in [2.45, 2.75) is 143 Å². The van der Waals surface area contributed by atoms with Crippen molar-refractivity contribution in [2.24, 2.45) is 5.73 Å². The molecule has 19 amide bonds. The van der Waals surface area contributed by atoms with Gasteiger partial charge in [-0.1, -0.05) is 60.7 Å². The molecule has 0 radical (unpaired) electrons. The van der Waals surface area contributed by atoms with Crippen molar-refractivity contribution in [2.75, 3.05) is 58.9 Å². The first-order valence-electron chi connectivity index (χ1n) is 28.3. The molecule has 0 unspecified atom stereocenters. The Kier molecular flexibility index (Phi) is 33.3. The van der Waals surface area contributed by atoms with Gasteiger partial charge in [-0.2, -0.15) is 0 Å². The van der Waals surface area contributed by atoms with Crippen LogP contribution in [0, 0.1) is 0 Å². The van der Waals surface area contributed by atoms with Crippen LogP contribution in [-0.2, 0) is 27.5 Å². The molecule has 0 bridgehead atoms.